The van der Waals surface area contributed by atoms with Crippen molar-refractivity contribution in [3.05, 3.63) is 106 Å². The Morgan fingerprint density at radius 2 is 2.00 bits per heavy atom. The van der Waals surface area contributed by atoms with E-state index in [4.69, 9.17) is 16.7 Å². The Morgan fingerprint density at radius 3 is 2.79 bits per heavy atom. The number of carboxylic acid groups (broad SMARTS) is 1. The molecule has 1 atom stereocenters. The van der Waals surface area contributed by atoms with Crippen LogP contribution in [0.2, 0.25) is 5.02 Å². The quantitative estimate of drug-likeness (QED) is 0.290. The van der Waals surface area contributed by atoms with Crippen LogP contribution in [-0.2, 0) is 11.2 Å². The van der Waals surface area contributed by atoms with Gasteiger partial charge in [-0.1, -0.05) is 29.8 Å². The molecule has 0 amide bonds. The number of aryl methyl sites for hydroxylation is 1. The van der Waals surface area contributed by atoms with Gasteiger partial charge in [0.2, 0.25) is 0 Å². The number of benzene rings is 2. The number of tetrazole rings is 1. The number of carboxylic acids is 1. The van der Waals surface area contributed by atoms with E-state index >= 15 is 0 Å². The number of imidazole rings is 1. The summed E-state index contributed by atoms with van der Waals surface area (Å²) < 4.78 is 3.32. The van der Waals surface area contributed by atoms with Gasteiger partial charge in [-0.05, 0) is 70.8 Å². The molecule has 1 aliphatic rings. The zero-order valence-electron chi connectivity index (χ0n) is 20.2. The molecule has 0 bridgehead atoms. The van der Waals surface area contributed by atoms with Crippen molar-refractivity contribution in [1.82, 2.24) is 34.7 Å². The summed E-state index contributed by atoms with van der Waals surface area (Å²) in [5.41, 5.74) is 5.39. The molecule has 2 aromatic carbocycles. The van der Waals surface area contributed by atoms with Gasteiger partial charge in [0.1, 0.15) is 12.2 Å². The van der Waals surface area contributed by atoms with Crippen molar-refractivity contribution >= 4 is 36.1 Å². The van der Waals surface area contributed by atoms with Crippen LogP contribution in [0.5, 0.6) is 0 Å². The lowest BCUT2D eigenvalue weighted by Gasteiger charge is -2.15. The standard InChI is InChI=1S/C27H20ClN7O3.ClH/c28-19-5-7-23(34-15-30-32-33-34)21(13-19)18-11-20-6-8-24(35(20)25(36)12-18)27-29-14-22(31-27)17-3-1-2-16(10-17)4-9-26(37)38;/h1-5,7,9-15,24H,6,8H2,(H,29,31)(H,37,38);1H. The van der Waals surface area contributed by atoms with Crippen LogP contribution in [-0.4, -0.2) is 45.8 Å². The number of carbonyl (C=O) groups is 1. The summed E-state index contributed by atoms with van der Waals surface area (Å²) in [4.78, 5) is 32.2. The van der Waals surface area contributed by atoms with E-state index in [-0.39, 0.29) is 24.0 Å². The molecule has 4 heterocycles. The first-order valence-corrected chi connectivity index (χ1v) is 12.2. The van der Waals surface area contributed by atoms with E-state index in [1.165, 1.54) is 17.1 Å². The minimum absolute atomic E-state index is 0. The first-order valence-electron chi connectivity index (χ1n) is 11.8. The molecule has 0 fully saturated rings. The Morgan fingerprint density at radius 1 is 1.13 bits per heavy atom. The Hall–Kier alpha value is -4.54. The predicted molar refractivity (Wildman–Crippen MR) is 148 cm³/mol. The maximum absolute atomic E-state index is 13.4. The maximum Gasteiger partial charge on any atom is 0.328 e. The molecular formula is C27H21Cl2N7O3. The highest BCUT2D eigenvalue weighted by molar-refractivity contribution is 6.31. The van der Waals surface area contributed by atoms with Crippen molar-refractivity contribution in [2.24, 2.45) is 0 Å². The molecule has 196 valence electrons. The number of hydrogen-bond acceptors (Lipinski definition) is 6. The summed E-state index contributed by atoms with van der Waals surface area (Å²) in [6.07, 6.45) is 7.30. The molecule has 0 saturated carbocycles. The number of aliphatic carboxylic acids is 1. The number of H-pyrrole nitrogens is 1. The van der Waals surface area contributed by atoms with Crippen LogP contribution in [0, 0.1) is 0 Å². The largest absolute Gasteiger partial charge is 0.478 e. The third-order valence-corrected chi connectivity index (χ3v) is 6.76. The topological polar surface area (TPSA) is 132 Å². The van der Waals surface area contributed by atoms with Crippen molar-refractivity contribution in [3.8, 4) is 28.1 Å². The third-order valence-electron chi connectivity index (χ3n) is 6.53. The Balaban J connectivity index is 0.00000308. The minimum Gasteiger partial charge on any atom is -0.478 e. The Labute approximate surface area is 233 Å². The fraction of sp³-hybridized carbons (Fsp3) is 0.111. The molecule has 0 spiro atoms. The average Bonchev–Trinajstić information content (AvgIpc) is 3.68. The fourth-order valence-corrected chi connectivity index (χ4v) is 5.02. The van der Waals surface area contributed by atoms with Crippen molar-refractivity contribution in [2.75, 3.05) is 0 Å². The highest BCUT2D eigenvalue weighted by atomic mass is 35.5. The van der Waals surface area contributed by atoms with Gasteiger partial charge < -0.3 is 14.7 Å². The van der Waals surface area contributed by atoms with Crippen molar-refractivity contribution in [2.45, 2.75) is 18.9 Å². The maximum atomic E-state index is 13.4. The highest BCUT2D eigenvalue weighted by Gasteiger charge is 2.28. The average molecular weight is 562 g/mol. The number of nitrogens with one attached hydrogen (secondary N) is 1. The lowest BCUT2D eigenvalue weighted by atomic mass is 10.0. The summed E-state index contributed by atoms with van der Waals surface area (Å²) in [6, 6.07) is 16.2. The van der Waals surface area contributed by atoms with E-state index < -0.39 is 5.97 Å². The van der Waals surface area contributed by atoms with Gasteiger partial charge in [0.25, 0.3) is 5.56 Å². The van der Waals surface area contributed by atoms with E-state index in [2.05, 4.69) is 25.5 Å². The summed E-state index contributed by atoms with van der Waals surface area (Å²) >= 11 is 6.30. The van der Waals surface area contributed by atoms with Crippen LogP contribution < -0.4 is 5.56 Å². The van der Waals surface area contributed by atoms with Crippen molar-refractivity contribution in [3.63, 3.8) is 0 Å². The number of rotatable bonds is 6. The van der Waals surface area contributed by atoms with Gasteiger partial charge in [-0.25, -0.2) is 9.78 Å². The van der Waals surface area contributed by atoms with Gasteiger partial charge in [0.05, 0.1) is 23.6 Å². The van der Waals surface area contributed by atoms with Gasteiger partial charge in [-0.15, -0.1) is 17.5 Å². The second-order valence-electron chi connectivity index (χ2n) is 8.89. The number of pyridine rings is 1. The van der Waals surface area contributed by atoms with Gasteiger partial charge in [-0.2, -0.15) is 4.68 Å². The SMILES string of the molecule is Cl.O=C(O)C=Cc1cccc(-c2cnc(C3CCc4cc(-c5cc(Cl)ccc5-n5cnnn5)cc(=O)n43)[nH]2)c1. The number of nitrogens with zero attached hydrogens (tertiary/aromatic N) is 6. The van der Waals surface area contributed by atoms with Crippen molar-refractivity contribution in [1.29, 1.82) is 0 Å². The molecular weight excluding hydrogens is 541 g/mol. The molecule has 6 rings (SSSR count). The summed E-state index contributed by atoms with van der Waals surface area (Å²) in [6.45, 7) is 0. The van der Waals surface area contributed by atoms with E-state index in [9.17, 15) is 9.59 Å². The number of aromatic nitrogens is 7. The van der Waals surface area contributed by atoms with Crippen LogP contribution in [0.15, 0.2) is 78.0 Å². The van der Waals surface area contributed by atoms with E-state index in [0.29, 0.717) is 17.3 Å². The Bertz CT molecular complexity index is 1760. The number of halogens is 2. The summed E-state index contributed by atoms with van der Waals surface area (Å²) in [5, 5.41) is 20.9. The van der Waals surface area contributed by atoms with E-state index in [1.807, 2.05) is 36.4 Å². The van der Waals surface area contributed by atoms with Gasteiger partial charge in [0, 0.05) is 34.0 Å². The first-order chi connectivity index (χ1) is 18.5. The minimum atomic E-state index is -1.00. The highest BCUT2D eigenvalue weighted by Crippen LogP contribution is 2.34. The summed E-state index contributed by atoms with van der Waals surface area (Å²) in [5.74, 6) is -0.313. The smallest absolute Gasteiger partial charge is 0.328 e. The van der Waals surface area contributed by atoms with Crippen LogP contribution >= 0.6 is 24.0 Å². The molecule has 2 N–H and O–H groups in total. The number of hydrogen-bond donors (Lipinski definition) is 2. The predicted octanol–water partition coefficient (Wildman–Crippen LogP) is 4.59. The molecule has 1 unspecified atom stereocenters. The number of aromatic amines is 1. The molecule has 10 nitrogen and oxygen atoms in total. The first kappa shape index (κ1) is 26.1. The fourth-order valence-electron chi connectivity index (χ4n) is 4.85. The van der Waals surface area contributed by atoms with Gasteiger partial charge in [0.15, 0.2) is 0 Å². The second kappa shape index (κ2) is 10.7. The third kappa shape index (κ3) is 5.12. The molecule has 1 aliphatic heterocycles. The van der Waals surface area contributed by atoms with Crippen LogP contribution in [0.1, 0.15) is 29.5 Å². The molecule has 0 saturated heterocycles. The van der Waals surface area contributed by atoms with Gasteiger partial charge >= 0.3 is 5.97 Å². The Kier molecular flexibility index (Phi) is 7.14. The molecule has 0 aliphatic carbocycles. The van der Waals surface area contributed by atoms with Crippen molar-refractivity contribution < 1.29 is 9.90 Å². The lowest BCUT2D eigenvalue weighted by Crippen LogP contribution is -2.23. The normalized spacial score (nSPS) is 14.3. The van der Waals surface area contributed by atoms with E-state index in [0.717, 1.165) is 51.8 Å². The molecule has 12 heteroatoms. The number of fused-ring (bicyclic) bond motifs is 1. The van der Waals surface area contributed by atoms with Crippen LogP contribution in [0.3, 0.4) is 0 Å². The molecule has 3 aromatic heterocycles. The van der Waals surface area contributed by atoms with Crippen LogP contribution in [0.4, 0.5) is 0 Å². The lowest BCUT2D eigenvalue weighted by molar-refractivity contribution is -0.131. The van der Waals surface area contributed by atoms with Gasteiger partial charge in [-0.3, -0.25) is 4.79 Å². The summed E-state index contributed by atoms with van der Waals surface area (Å²) in [7, 11) is 0. The molecule has 5 aromatic rings. The monoisotopic (exact) mass is 561 g/mol. The second-order valence-corrected chi connectivity index (χ2v) is 9.33. The zero-order valence-corrected chi connectivity index (χ0v) is 21.8. The van der Waals surface area contributed by atoms with E-state index in [1.54, 1.807) is 29.0 Å². The van der Waals surface area contributed by atoms with Crippen LogP contribution in [0.25, 0.3) is 34.1 Å². The molecule has 39 heavy (non-hydrogen) atoms. The molecule has 0 radical (unpaired) electrons. The zero-order chi connectivity index (χ0) is 26.2.